The monoisotopic (exact) mass is 233 g/mol. The van der Waals surface area contributed by atoms with E-state index in [9.17, 15) is 0 Å². The van der Waals surface area contributed by atoms with Gasteiger partial charge in [0.1, 0.15) is 0 Å². The lowest BCUT2D eigenvalue weighted by Gasteiger charge is -2.04. The molecule has 90 valence electrons. The predicted molar refractivity (Wildman–Crippen MR) is 63.2 cm³/mol. The van der Waals surface area contributed by atoms with E-state index in [1.165, 1.54) is 5.56 Å². The van der Waals surface area contributed by atoms with Crippen LogP contribution in [0.4, 0.5) is 6.01 Å². The van der Waals surface area contributed by atoms with Crippen LogP contribution >= 0.6 is 0 Å². The molecule has 0 amide bonds. The second-order valence-electron chi connectivity index (χ2n) is 3.89. The molecule has 0 aliphatic carbocycles. The van der Waals surface area contributed by atoms with Gasteiger partial charge in [-0.25, -0.2) is 0 Å². The summed E-state index contributed by atoms with van der Waals surface area (Å²) in [6.07, 6.45) is 3.57. The van der Waals surface area contributed by atoms with Crippen molar-refractivity contribution in [3.05, 3.63) is 35.5 Å². The number of nitrogens with one attached hydrogen (secondary N) is 1. The van der Waals surface area contributed by atoms with Gasteiger partial charge in [0.15, 0.2) is 0 Å². The first kappa shape index (κ1) is 11.5. The van der Waals surface area contributed by atoms with E-state index in [4.69, 9.17) is 10.2 Å². The highest BCUT2D eigenvalue weighted by Gasteiger charge is 2.09. The van der Waals surface area contributed by atoms with Crippen LogP contribution in [0.5, 0.6) is 0 Å². The molecule has 17 heavy (non-hydrogen) atoms. The highest BCUT2D eigenvalue weighted by Crippen LogP contribution is 2.13. The molecular weight excluding hydrogens is 218 g/mol. The molecule has 0 fully saturated rings. The zero-order chi connectivity index (χ0) is 12.3. The summed E-state index contributed by atoms with van der Waals surface area (Å²) in [5.74, 6) is 0.426. The van der Waals surface area contributed by atoms with Crippen molar-refractivity contribution in [3.63, 3.8) is 0 Å². The number of rotatable bonds is 4. The van der Waals surface area contributed by atoms with Crippen molar-refractivity contribution in [2.45, 2.75) is 26.4 Å². The predicted octanol–water partition coefficient (Wildman–Crippen LogP) is 1.40. The third kappa shape index (κ3) is 2.79. The summed E-state index contributed by atoms with van der Waals surface area (Å²) in [6.45, 7) is 4.42. The van der Waals surface area contributed by atoms with E-state index in [-0.39, 0.29) is 6.04 Å². The van der Waals surface area contributed by atoms with Gasteiger partial charge in [-0.15, -0.1) is 5.10 Å². The van der Waals surface area contributed by atoms with E-state index in [0.29, 0.717) is 18.5 Å². The maximum atomic E-state index is 5.62. The second-order valence-corrected chi connectivity index (χ2v) is 3.89. The van der Waals surface area contributed by atoms with Crippen LogP contribution in [0.3, 0.4) is 0 Å². The summed E-state index contributed by atoms with van der Waals surface area (Å²) in [6, 6.07) is 2.08. The number of anilines is 1. The lowest BCUT2D eigenvalue weighted by Crippen LogP contribution is -2.04. The smallest absolute Gasteiger partial charge is 0.315 e. The van der Waals surface area contributed by atoms with Crippen LogP contribution in [-0.4, -0.2) is 15.2 Å². The Bertz CT molecular complexity index is 494. The molecule has 6 nitrogen and oxygen atoms in total. The SMILES string of the molecule is Cc1ccncc1CNc1nnc(C(C)N)o1. The lowest BCUT2D eigenvalue weighted by molar-refractivity contribution is 0.472. The highest BCUT2D eigenvalue weighted by molar-refractivity contribution is 5.27. The number of nitrogens with two attached hydrogens (primary N) is 1. The summed E-state index contributed by atoms with van der Waals surface area (Å²) in [5.41, 5.74) is 7.88. The van der Waals surface area contributed by atoms with Gasteiger partial charge in [0, 0.05) is 18.9 Å². The Morgan fingerprint density at radius 3 is 2.94 bits per heavy atom. The van der Waals surface area contributed by atoms with E-state index in [1.807, 2.05) is 19.2 Å². The van der Waals surface area contributed by atoms with Crippen molar-refractivity contribution >= 4 is 6.01 Å². The molecule has 0 aliphatic rings. The molecule has 0 aliphatic heterocycles. The Balaban J connectivity index is 2.00. The first-order valence-corrected chi connectivity index (χ1v) is 5.39. The second kappa shape index (κ2) is 4.92. The van der Waals surface area contributed by atoms with Crippen LogP contribution < -0.4 is 11.1 Å². The van der Waals surface area contributed by atoms with Gasteiger partial charge in [-0.05, 0) is 31.0 Å². The largest absolute Gasteiger partial charge is 0.406 e. The molecular formula is C11H15N5O. The van der Waals surface area contributed by atoms with E-state index in [0.717, 1.165) is 5.56 Å². The highest BCUT2D eigenvalue weighted by atomic mass is 16.4. The molecule has 1 atom stereocenters. The van der Waals surface area contributed by atoms with E-state index >= 15 is 0 Å². The number of aromatic nitrogens is 3. The molecule has 2 rings (SSSR count). The summed E-state index contributed by atoms with van der Waals surface area (Å²) >= 11 is 0. The molecule has 3 N–H and O–H groups in total. The van der Waals surface area contributed by atoms with Gasteiger partial charge >= 0.3 is 6.01 Å². The Morgan fingerprint density at radius 1 is 1.47 bits per heavy atom. The quantitative estimate of drug-likeness (QED) is 0.829. The van der Waals surface area contributed by atoms with Gasteiger partial charge in [0.05, 0.1) is 6.04 Å². The van der Waals surface area contributed by atoms with Crippen molar-refractivity contribution in [1.82, 2.24) is 15.2 Å². The number of pyridine rings is 1. The van der Waals surface area contributed by atoms with Gasteiger partial charge in [-0.1, -0.05) is 5.10 Å². The fourth-order valence-corrected chi connectivity index (χ4v) is 1.34. The van der Waals surface area contributed by atoms with E-state index in [1.54, 1.807) is 13.1 Å². The summed E-state index contributed by atoms with van der Waals surface area (Å²) < 4.78 is 5.33. The van der Waals surface area contributed by atoms with Crippen LogP contribution in [0.15, 0.2) is 22.9 Å². The fraction of sp³-hybridized carbons (Fsp3) is 0.364. The third-order valence-corrected chi connectivity index (χ3v) is 2.41. The molecule has 0 aromatic carbocycles. The van der Waals surface area contributed by atoms with Crippen LogP contribution in [0, 0.1) is 6.92 Å². The number of nitrogens with zero attached hydrogens (tertiary/aromatic N) is 3. The fourth-order valence-electron chi connectivity index (χ4n) is 1.34. The Morgan fingerprint density at radius 2 is 2.29 bits per heavy atom. The molecule has 0 radical (unpaired) electrons. The molecule has 6 heteroatoms. The van der Waals surface area contributed by atoms with Crippen molar-refractivity contribution in [3.8, 4) is 0 Å². The summed E-state index contributed by atoms with van der Waals surface area (Å²) in [5, 5.41) is 10.7. The number of hydrogen-bond acceptors (Lipinski definition) is 6. The van der Waals surface area contributed by atoms with Gasteiger partial charge in [-0.3, -0.25) is 4.98 Å². The standard InChI is InChI=1S/C11H15N5O/c1-7-3-4-13-5-9(7)6-14-11-16-15-10(17-11)8(2)12/h3-5,8H,6,12H2,1-2H3,(H,14,16). The minimum atomic E-state index is -0.252. The molecule has 0 bridgehead atoms. The molecule has 2 aromatic rings. The van der Waals surface area contributed by atoms with Gasteiger partial charge < -0.3 is 15.5 Å². The summed E-state index contributed by atoms with van der Waals surface area (Å²) in [7, 11) is 0. The van der Waals surface area contributed by atoms with E-state index in [2.05, 4.69) is 20.5 Å². The summed E-state index contributed by atoms with van der Waals surface area (Å²) in [4.78, 5) is 4.06. The molecule has 0 spiro atoms. The van der Waals surface area contributed by atoms with Crippen molar-refractivity contribution < 1.29 is 4.42 Å². The van der Waals surface area contributed by atoms with E-state index < -0.39 is 0 Å². The van der Waals surface area contributed by atoms with Crippen LogP contribution in [0.2, 0.25) is 0 Å². The Kier molecular flexibility index (Phi) is 3.34. The van der Waals surface area contributed by atoms with Crippen molar-refractivity contribution in [2.24, 2.45) is 5.73 Å². The van der Waals surface area contributed by atoms with Crippen LogP contribution in [0.1, 0.15) is 30.0 Å². The molecule has 0 saturated carbocycles. The van der Waals surface area contributed by atoms with Crippen LogP contribution in [-0.2, 0) is 6.54 Å². The third-order valence-electron chi connectivity index (χ3n) is 2.41. The van der Waals surface area contributed by atoms with Gasteiger partial charge in [0.2, 0.25) is 5.89 Å². The first-order chi connectivity index (χ1) is 8.16. The maximum Gasteiger partial charge on any atom is 0.315 e. The number of aryl methyl sites for hydroxylation is 1. The molecule has 0 saturated heterocycles. The molecule has 2 aromatic heterocycles. The minimum Gasteiger partial charge on any atom is -0.406 e. The average Bonchev–Trinajstić information content (AvgIpc) is 2.77. The number of hydrogen-bond donors (Lipinski definition) is 2. The lowest BCUT2D eigenvalue weighted by atomic mass is 10.2. The topological polar surface area (TPSA) is 89.9 Å². The van der Waals surface area contributed by atoms with Crippen LogP contribution in [0.25, 0.3) is 0 Å². The zero-order valence-corrected chi connectivity index (χ0v) is 9.84. The average molecular weight is 233 g/mol. The maximum absolute atomic E-state index is 5.62. The normalized spacial score (nSPS) is 12.4. The van der Waals surface area contributed by atoms with Gasteiger partial charge in [-0.2, -0.15) is 0 Å². The molecule has 2 heterocycles. The Hall–Kier alpha value is -1.95. The minimum absolute atomic E-state index is 0.252. The zero-order valence-electron chi connectivity index (χ0n) is 9.84. The first-order valence-electron chi connectivity index (χ1n) is 5.39. The van der Waals surface area contributed by atoms with Crippen molar-refractivity contribution in [1.29, 1.82) is 0 Å². The van der Waals surface area contributed by atoms with Gasteiger partial charge in [0.25, 0.3) is 0 Å². The molecule has 1 unspecified atom stereocenters. The Labute approximate surface area is 99.3 Å². The van der Waals surface area contributed by atoms with Crippen molar-refractivity contribution in [2.75, 3.05) is 5.32 Å².